The first-order chi connectivity index (χ1) is 15.7. The van der Waals surface area contributed by atoms with E-state index >= 15 is 0 Å². The van der Waals surface area contributed by atoms with Gasteiger partial charge in [-0.2, -0.15) is 0 Å². The van der Waals surface area contributed by atoms with Crippen LogP contribution in [0.3, 0.4) is 0 Å². The van der Waals surface area contributed by atoms with Crippen LogP contribution in [0.4, 0.5) is 0 Å². The number of rotatable bonds is 7. The summed E-state index contributed by atoms with van der Waals surface area (Å²) in [5.41, 5.74) is 4.44. The van der Waals surface area contributed by atoms with Crippen molar-refractivity contribution in [2.24, 2.45) is 0 Å². The van der Waals surface area contributed by atoms with Gasteiger partial charge in [-0.3, -0.25) is 4.90 Å². The van der Waals surface area contributed by atoms with Gasteiger partial charge >= 0.3 is 0 Å². The van der Waals surface area contributed by atoms with E-state index in [1.54, 1.807) is 21.3 Å². The topological polar surface area (TPSA) is 40.2 Å². The Morgan fingerprint density at radius 2 is 1.69 bits per heavy atom. The number of fused-ring (bicyclic) bond motifs is 1. The largest absolute Gasteiger partial charge is 0.497 e. The van der Waals surface area contributed by atoms with Gasteiger partial charge in [-0.25, -0.2) is 0 Å². The fourth-order valence-corrected chi connectivity index (χ4v) is 3.87. The Hall–Kier alpha value is -3.44. The highest BCUT2D eigenvalue weighted by atomic mass is 16.5. The molecule has 1 aliphatic heterocycles. The second kappa shape index (κ2) is 10.2. The molecule has 0 atom stereocenters. The molecule has 0 radical (unpaired) electrons. The first-order valence-electron chi connectivity index (χ1n) is 10.7. The molecular formula is C27H29NO4. The lowest BCUT2D eigenvalue weighted by Crippen LogP contribution is -2.25. The molecular weight excluding hydrogens is 402 g/mol. The minimum Gasteiger partial charge on any atom is -0.497 e. The maximum Gasteiger partial charge on any atom is 0.165 e. The standard InChI is InChI=1S/C27H29NO4/c1-29-24-11-9-20(10-12-24)6-5-13-28-14-15-32-27-23(19-28)16-22(18-26(27)31-3)21-7-4-8-25(17-21)30-2/h4-12,16-18H,13-15,19H2,1-3H3. The zero-order valence-corrected chi connectivity index (χ0v) is 18.8. The number of hydrogen-bond acceptors (Lipinski definition) is 5. The van der Waals surface area contributed by atoms with Gasteiger partial charge in [0, 0.05) is 25.2 Å². The summed E-state index contributed by atoms with van der Waals surface area (Å²) in [6, 6.07) is 20.4. The molecule has 0 N–H and O–H groups in total. The number of ether oxygens (including phenoxy) is 4. The van der Waals surface area contributed by atoms with Crippen molar-refractivity contribution in [1.29, 1.82) is 0 Å². The minimum atomic E-state index is 0.623. The normalized spacial score (nSPS) is 13.8. The van der Waals surface area contributed by atoms with E-state index in [-0.39, 0.29) is 0 Å². The number of nitrogens with zero attached hydrogens (tertiary/aromatic N) is 1. The molecule has 166 valence electrons. The van der Waals surface area contributed by atoms with Crippen LogP contribution in [0.5, 0.6) is 23.0 Å². The summed E-state index contributed by atoms with van der Waals surface area (Å²) in [4.78, 5) is 2.38. The second-order valence-corrected chi connectivity index (χ2v) is 7.66. The van der Waals surface area contributed by atoms with Crippen molar-refractivity contribution in [3.8, 4) is 34.1 Å². The molecule has 3 aromatic carbocycles. The quantitative estimate of drug-likeness (QED) is 0.509. The van der Waals surface area contributed by atoms with Crippen molar-refractivity contribution >= 4 is 6.08 Å². The smallest absolute Gasteiger partial charge is 0.165 e. The molecule has 0 saturated heterocycles. The molecule has 1 aliphatic rings. The monoisotopic (exact) mass is 431 g/mol. The van der Waals surface area contributed by atoms with Crippen LogP contribution in [0.15, 0.2) is 66.7 Å². The van der Waals surface area contributed by atoms with Gasteiger partial charge in [-0.15, -0.1) is 0 Å². The molecule has 5 heteroatoms. The minimum absolute atomic E-state index is 0.623. The summed E-state index contributed by atoms with van der Waals surface area (Å²) in [6.45, 7) is 3.09. The van der Waals surface area contributed by atoms with Crippen molar-refractivity contribution < 1.29 is 18.9 Å². The van der Waals surface area contributed by atoms with E-state index in [4.69, 9.17) is 18.9 Å². The average Bonchev–Trinajstić information content (AvgIpc) is 3.05. The van der Waals surface area contributed by atoms with E-state index in [0.717, 1.165) is 64.9 Å². The van der Waals surface area contributed by atoms with Gasteiger partial charge < -0.3 is 18.9 Å². The average molecular weight is 432 g/mol. The van der Waals surface area contributed by atoms with Gasteiger partial charge in [0.1, 0.15) is 18.1 Å². The Balaban J connectivity index is 1.54. The van der Waals surface area contributed by atoms with E-state index in [2.05, 4.69) is 41.3 Å². The van der Waals surface area contributed by atoms with Crippen LogP contribution < -0.4 is 18.9 Å². The van der Waals surface area contributed by atoms with Gasteiger partial charge in [0.05, 0.1) is 21.3 Å². The van der Waals surface area contributed by atoms with E-state index in [9.17, 15) is 0 Å². The zero-order chi connectivity index (χ0) is 22.3. The summed E-state index contributed by atoms with van der Waals surface area (Å²) in [5, 5.41) is 0. The highest BCUT2D eigenvalue weighted by Crippen LogP contribution is 2.38. The molecule has 0 spiro atoms. The van der Waals surface area contributed by atoms with Crippen molar-refractivity contribution in [2.75, 3.05) is 41.0 Å². The summed E-state index contributed by atoms with van der Waals surface area (Å²) in [7, 11) is 5.05. The first kappa shape index (κ1) is 21.8. The molecule has 3 aromatic rings. The van der Waals surface area contributed by atoms with Gasteiger partial charge in [0.15, 0.2) is 11.5 Å². The third kappa shape index (κ3) is 5.06. The lowest BCUT2D eigenvalue weighted by atomic mass is 10.0. The van der Waals surface area contributed by atoms with Crippen molar-refractivity contribution in [3.05, 3.63) is 77.9 Å². The van der Waals surface area contributed by atoms with Crippen LogP contribution in [-0.4, -0.2) is 45.9 Å². The Kier molecular flexibility index (Phi) is 6.97. The van der Waals surface area contributed by atoms with Gasteiger partial charge in [-0.1, -0.05) is 36.4 Å². The van der Waals surface area contributed by atoms with Crippen LogP contribution in [0.25, 0.3) is 17.2 Å². The molecule has 0 unspecified atom stereocenters. The highest BCUT2D eigenvalue weighted by molar-refractivity contribution is 5.70. The van der Waals surface area contributed by atoms with Gasteiger partial charge in [-0.05, 0) is 53.1 Å². The highest BCUT2D eigenvalue weighted by Gasteiger charge is 2.20. The van der Waals surface area contributed by atoms with Crippen LogP contribution in [-0.2, 0) is 6.54 Å². The van der Waals surface area contributed by atoms with Crippen LogP contribution in [0.2, 0.25) is 0 Å². The fourth-order valence-electron chi connectivity index (χ4n) is 3.87. The van der Waals surface area contributed by atoms with Crippen LogP contribution >= 0.6 is 0 Å². The molecule has 0 saturated carbocycles. The Morgan fingerprint density at radius 1 is 0.875 bits per heavy atom. The number of hydrogen-bond donors (Lipinski definition) is 0. The molecule has 32 heavy (non-hydrogen) atoms. The molecule has 4 rings (SSSR count). The third-order valence-electron chi connectivity index (χ3n) is 5.59. The Labute approximate surface area is 189 Å². The third-order valence-corrected chi connectivity index (χ3v) is 5.59. The van der Waals surface area contributed by atoms with Crippen molar-refractivity contribution in [3.63, 3.8) is 0 Å². The predicted molar refractivity (Wildman–Crippen MR) is 128 cm³/mol. The molecule has 1 heterocycles. The Morgan fingerprint density at radius 3 is 2.44 bits per heavy atom. The molecule has 0 aromatic heterocycles. The number of benzene rings is 3. The van der Waals surface area contributed by atoms with E-state index < -0.39 is 0 Å². The fraction of sp³-hybridized carbons (Fsp3) is 0.259. The van der Waals surface area contributed by atoms with Crippen molar-refractivity contribution in [1.82, 2.24) is 4.90 Å². The summed E-state index contributed by atoms with van der Waals surface area (Å²) < 4.78 is 22.4. The van der Waals surface area contributed by atoms with Crippen molar-refractivity contribution in [2.45, 2.75) is 6.54 Å². The van der Waals surface area contributed by atoms with Crippen LogP contribution in [0, 0.1) is 0 Å². The molecule has 0 amide bonds. The van der Waals surface area contributed by atoms with E-state index in [1.807, 2.05) is 36.4 Å². The zero-order valence-electron chi connectivity index (χ0n) is 18.8. The van der Waals surface area contributed by atoms with Gasteiger partial charge in [0.25, 0.3) is 0 Å². The van der Waals surface area contributed by atoms with Crippen LogP contribution in [0.1, 0.15) is 11.1 Å². The maximum absolute atomic E-state index is 6.10. The first-order valence-corrected chi connectivity index (χ1v) is 10.7. The molecule has 0 aliphatic carbocycles. The maximum atomic E-state index is 6.10. The predicted octanol–water partition coefficient (Wildman–Crippen LogP) is 5.29. The summed E-state index contributed by atoms with van der Waals surface area (Å²) in [5.74, 6) is 3.29. The van der Waals surface area contributed by atoms with E-state index in [1.165, 1.54) is 0 Å². The molecule has 0 fully saturated rings. The molecule has 5 nitrogen and oxygen atoms in total. The summed E-state index contributed by atoms with van der Waals surface area (Å²) >= 11 is 0. The summed E-state index contributed by atoms with van der Waals surface area (Å²) in [6.07, 6.45) is 4.33. The lowest BCUT2D eigenvalue weighted by Gasteiger charge is -2.18. The molecule has 0 bridgehead atoms. The second-order valence-electron chi connectivity index (χ2n) is 7.66. The lowest BCUT2D eigenvalue weighted by molar-refractivity contribution is 0.238. The Bertz CT molecular complexity index is 1080. The van der Waals surface area contributed by atoms with E-state index in [0.29, 0.717) is 6.61 Å². The number of methoxy groups -OCH3 is 3. The van der Waals surface area contributed by atoms with Gasteiger partial charge in [0.2, 0.25) is 0 Å². The SMILES string of the molecule is COc1ccc(C=CCN2CCOc3c(cc(-c4cccc(OC)c4)cc3OC)C2)cc1.